The van der Waals surface area contributed by atoms with Crippen LogP contribution in [0.3, 0.4) is 0 Å². The van der Waals surface area contributed by atoms with Crippen molar-refractivity contribution in [1.82, 2.24) is 10.9 Å². The fourth-order valence-electron chi connectivity index (χ4n) is 4.52. The van der Waals surface area contributed by atoms with Crippen molar-refractivity contribution in [3.05, 3.63) is 157 Å². The highest BCUT2D eigenvalue weighted by Crippen LogP contribution is 2.31. The molecule has 0 heterocycles. The molecule has 5 aromatic carbocycles. The Morgan fingerprint density at radius 2 is 0.632 bits per heavy atom. The molecule has 2 N–H and O–H groups in total. The summed E-state index contributed by atoms with van der Waals surface area (Å²) in [6, 6.07) is 50.8. The molecule has 0 aliphatic rings. The Kier molecular flexibility index (Phi) is 8.14. The summed E-state index contributed by atoms with van der Waals surface area (Å²) in [5, 5.41) is 4.32. The van der Waals surface area contributed by atoms with Gasteiger partial charge in [0.15, 0.2) is 0 Å². The Labute approximate surface area is 226 Å². The Balaban J connectivity index is 1.44. The molecular formula is C34H34N4. The lowest BCUT2D eigenvalue weighted by Crippen LogP contribution is -2.37. The summed E-state index contributed by atoms with van der Waals surface area (Å²) in [4.78, 5) is 0. The second-order valence-corrected chi connectivity index (χ2v) is 9.38. The maximum atomic E-state index is 3.70. The lowest BCUT2D eigenvalue weighted by Gasteiger charge is -2.32. The van der Waals surface area contributed by atoms with Crippen LogP contribution >= 0.6 is 0 Å². The van der Waals surface area contributed by atoms with E-state index >= 15 is 0 Å². The molecule has 0 aliphatic heterocycles. The number of anilines is 4. The Morgan fingerprint density at radius 1 is 0.368 bits per heavy atom. The third kappa shape index (κ3) is 6.12. The molecule has 5 aromatic rings. The van der Waals surface area contributed by atoms with Gasteiger partial charge in [-0.2, -0.15) is 0 Å². The van der Waals surface area contributed by atoms with Crippen LogP contribution in [0.25, 0.3) is 0 Å². The second-order valence-electron chi connectivity index (χ2n) is 9.38. The molecule has 5 rings (SSSR count). The average molecular weight is 499 g/mol. The van der Waals surface area contributed by atoms with Crippen LogP contribution in [-0.4, -0.2) is 0 Å². The number of nitrogens with zero attached hydrogens (tertiary/aromatic N) is 2. The predicted molar refractivity (Wildman–Crippen MR) is 160 cm³/mol. The molecule has 0 amide bonds. The zero-order chi connectivity index (χ0) is 26.2. The van der Waals surface area contributed by atoms with E-state index in [9.17, 15) is 0 Å². The van der Waals surface area contributed by atoms with Gasteiger partial charge in [-0.15, -0.1) is 0 Å². The zero-order valence-electron chi connectivity index (χ0n) is 21.9. The normalized spacial score (nSPS) is 12.5. The molecule has 38 heavy (non-hydrogen) atoms. The minimum absolute atomic E-state index is 0.130. The number of benzene rings is 5. The third-order valence-electron chi connectivity index (χ3n) is 6.64. The fourth-order valence-corrected chi connectivity index (χ4v) is 4.52. The Bertz CT molecular complexity index is 1260. The molecule has 2 atom stereocenters. The molecule has 0 saturated carbocycles. The van der Waals surface area contributed by atoms with Crippen molar-refractivity contribution < 1.29 is 0 Å². The first-order valence-electron chi connectivity index (χ1n) is 13.1. The van der Waals surface area contributed by atoms with Gasteiger partial charge in [0.1, 0.15) is 0 Å². The van der Waals surface area contributed by atoms with E-state index in [1.807, 2.05) is 12.1 Å². The van der Waals surface area contributed by atoms with E-state index in [1.165, 1.54) is 11.1 Å². The zero-order valence-corrected chi connectivity index (χ0v) is 21.9. The van der Waals surface area contributed by atoms with E-state index in [2.05, 4.69) is 168 Å². The van der Waals surface area contributed by atoms with E-state index in [4.69, 9.17) is 0 Å². The number of hydrazine groups is 2. The molecule has 0 aliphatic carbocycles. The van der Waals surface area contributed by atoms with Crippen LogP contribution < -0.4 is 20.9 Å². The highest BCUT2D eigenvalue weighted by atomic mass is 15.5. The topological polar surface area (TPSA) is 30.5 Å². The van der Waals surface area contributed by atoms with Gasteiger partial charge in [-0.25, -0.2) is 10.9 Å². The van der Waals surface area contributed by atoms with Crippen molar-refractivity contribution >= 4 is 22.7 Å². The number of para-hydroxylation sites is 2. The summed E-state index contributed by atoms with van der Waals surface area (Å²) in [6.07, 6.45) is 0. The van der Waals surface area contributed by atoms with Gasteiger partial charge in [-0.05, 0) is 73.5 Å². The molecule has 0 aromatic heterocycles. The van der Waals surface area contributed by atoms with Gasteiger partial charge in [0.25, 0.3) is 0 Å². The third-order valence-corrected chi connectivity index (χ3v) is 6.64. The monoisotopic (exact) mass is 498 g/mol. The smallest absolute Gasteiger partial charge is 0.0579 e. The largest absolute Gasteiger partial charge is 0.276 e. The van der Waals surface area contributed by atoms with E-state index in [0.29, 0.717) is 0 Å². The summed E-state index contributed by atoms with van der Waals surface area (Å²) in [5.74, 6) is 0. The van der Waals surface area contributed by atoms with E-state index in [0.717, 1.165) is 22.7 Å². The number of nitrogens with one attached hydrogen (secondary N) is 2. The quantitative estimate of drug-likeness (QED) is 0.189. The highest BCUT2D eigenvalue weighted by molar-refractivity contribution is 5.68. The second kappa shape index (κ2) is 12.2. The van der Waals surface area contributed by atoms with Crippen LogP contribution in [0, 0.1) is 0 Å². The predicted octanol–water partition coefficient (Wildman–Crippen LogP) is 8.49. The van der Waals surface area contributed by atoms with Crippen molar-refractivity contribution in [3.63, 3.8) is 0 Å². The summed E-state index contributed by atoms with van der Waals surface area (Å²) < 4.78 is 0. The first-order chi connectivity index (χ1) is 18.7. The van der Waals surface area contributed by atoms with Gasteiger partial charge in [0, 0.05) is 12.1 Å². The maximum Gasteiger partial charge on any atom is 0.0579 e. The number of hydrogen-bond donors (Lipinski definition) is 2. The average Bonchev–Trinajstić information content (AvgIpc) is 3.00. The first kappa shape index (κ1) is 25.3. The standard InChI is InChI=1S/C34H34N4/c1-27(29-15-7-3-8-16-29)35-37(31-19-11-5-12-20-31)33-23-25-34(26-24-33)38(32-21-13-6-14-22-32)36-28(2)30-17-9-4-10-18-30/h3-28,35-36H,1-2H3. The maximum absolute atomic E-state index is 3.70. The van der Waals surface area contributed by atoms with Crippen LogP contribution in [0.2, 0.25) is 0 Å². The SMILES string of the molecule is CC(NN(c1ccccc1)c1ccc(N(NC(C)c2ccccc2)c2ccccc2)cc1)c1ccccc1. The first-order valence-corrected chi connectivity index (χ1v) is 13.1. The van der Waals surface area contributed by atoms with Crippen molar-refractivity contribution in [3.8, 4) is 0 Å². The lowest BCUT2D eigenvalue weighted by molar-refractivity contribution is 0.583. The molecule has 4 nitrogen and oxygen atoms in total. The van der Waals surface area contributed by atoms with Crippen LogP contribution in [0.15, 0.2) is 146 Å². The van der Waals surface area contributed by atoms with Crippen LogP contribution in [-0.2, 0) is 0 Å². The Hall–Kier alpha value is -4.38. The van der Waals surface area contributed by atoms with Gasteiger partial charge in [-0.3, -0.25) is 10.0 Å². The van der Waals surface area contributed by atoms with Gasteiger partial charge < -0.3 is 0 Å². The van der Waals surface area contributed by atoms with Crippen molar-refractivity contribution in [2.75, 3.05) is 10.0 Å². The molecule has 2 unspecified atom stereocenters. The van der Waals surface area contributed by atoms with Crippen molar-refractivity contribution in [2.45, 2.75) is 25.9 Å². The summed E-state index contributed by atoms with van der Waals surface area (Å²) in [5.41, 5.74) is 14.2. The molecule has 0 saturated heterocycles. The molecule has 0 bridgehead atoms. The highest BCUT2D eigenvalue weighted by Gasteiger charge is 2.17. The van der Waals surface area contributed by atoms with Gasteiger partial charge >= 0.3 is 0 Å². The minimum atomic E-state index is 0.130. The summed E-state index contributed by atoms with van der Waals surface area (Å²) in [7, 11) is 0. The molecule has 190 valence electrons. The summed E-state index contributed by atoms with van der Waals surface area (Å²) in [6.45, 7) is 4.37. The summed E-state index contributed by atoms with van der Waals surface area (Å²) >= 11 is 0. The van der Waals surface area contributed by atoms with Crippen LogP contribution in [0.4, 0.5) is 22.7 Å². The van der Waals surface area contributed by atoms with Gasteiger partial charge in [0.05, 0.1) is 22.7 Å². The van der Waals surface area contributed by atoms with E-state index < -0.39 is 0 Å². The van der Waals surface area contributed by atoms with Crippen molar-refractivity contribution in [2.24, 2.45) is 0 Å². The van der Waals surface area contributed by atoms with E-state index in [-0.39, 0.29) is 12.1 Å². The molecule has 0 fully saturated rings. The van der Waals surface area contributed by atoms with E-state index in [1.54, 1.807) is 0 Å². The fraction of sp³-hybridized carbons (Fsp3) is 0.118. The Morgan fingerprint density at radius 3 is 0.947 bits per heavy atom. The molecule has 0 radical (unpaired) electrons. The molecule has 0 spiro atoms. The number of rotatable bonds is 10. The van der Waals surface area contributed by atoms with Gasteiger partial charge in [0.2, 0.25) is 0 Å². The molecular weight excluding hydrogens is 464 g/mol. The minimum Gasteiger partial charge on any atom is -0.276 e. The van der Waals surface area contributed by atoms with Crippen LogP contribution in [0.5, 0.6) is 0 Å². The van der Waals surface area contributed by atoms with Gasteiger partial charge in [-0.1, -0.05) is 97.1 Å². The molecule has 4 heteroatoms. The number of hydrogen-bond acceptors (Lipinski definition) is 4. The lowest BCUT2D eigenvalue weighted by atomic mass is 10.1. The van der Waals surface area contributed by atoms with Crippen molar-refractivity contribution in [1.29, 1.82) is 0 Å². The van der Waals surface area contributed by atoms with Crippen LogP contribution in [0.1, 0.15) is 37.1 Å².